The number of nitrogen functional groups attached to an aromatic ring is 1. The second-order valence-electron chi connectivity index (χ2n) is 3.22. The summed E-state index contributed by atoms with van der Waals surface area (Å²) in [5, 5.41) is 2.34. The Labute approximate surface area is 104 Å². The third-order valence-corrected chi connectivity index (χ3v) is 3.36. The van der Waals surface area contributed by atoms with E-state index < -0.39 is 0 Å². The zero-order chi connectivity index (χ0) is 11.7. The molecule has 2 N–H and O–H groups in total. The molecule has 7 heteroatoms. The maximum Gasteiger partial charge on any atom is 0.268 e. The summed E-state index contributed by atoms with van der Waals surface area (Å²) in [7, 11) is 0. The Kier molecular flexibility index (Phi) is 3.06. The standard InChI is InChI=1S/C9H9BrN4OS/c1-5-12-2-7(10)8(15)14(5)3-6-4-16-9(11)13-6/h2,4H,3H2,1H3,(H2,11,13). The van der Waals surface area contributed by atoms with Crippen molar-refractivity contribution < 1.29 is 0 Å². The normalized spacial score (nSPS) is 10.6. The molecule has 2 rings (SSSR count). The molecule has 0 amide bonds. The third kappa shape index (κ3) is 2.14. The van der Waals surface area contributed by atoms with E-state index in [1.165, 1.54) is 17.5 Å². The van der Waals surface area contributed by atoms with Crippen LogP contribution in [0.3, 0.4) is 0 Å². The SMILES string of the molecule is Cc1ncc(Br)c(=O)n1Cc1csc(N)n1. The molecule has 2 heterocycles. The average Bonchev–Trinajstić information content (AvgIpc) is 2.65. The number of nitrogens with two attached hydrogens (primary N) is 1. The molecule has 16 heavy (non-hydrogen) atoms. The summed E-state index contributed by atoms with van der Waals surface area (Å²) in [6, 6.07) is 0. The van der Waals surface area contributed by atoms with Crippen LogP contribution < -0.4 is 11.3 Å². The van der Waals surface area contributed by atoms with Gasteiger partial charge in [0.25, 0.3) is 5.56 Å². The fourth-order valence-electron chi connectivity index (χ4n) is 1.29. The van der Waals surface area contributed by atoms with E-state index >= 15 is 0 Å². The van der Waals surface area contributed by atoms with Gasteiger partial charge in [0.1, 0.15) is 10.3 Å². The molecule has 0 aliphatic heterocycles. The Balaban J connectivity index is 2.42. The van der Waals surface area contributed by atoms with Gasteiger partial charge in [-0.1, -0.05) is 0 Å². The van der Waals surface area contributed by atoms with Crippen LogP contribution in [0.15, 0.2) is 20.8 Å². The first-order chi connectivity index (χ1) is 7.58. The number of hydrogen-bond acceptors (Lipinski definition) is 5. The highest BCUT2D eigenvalue weighted by molar-refractivity contribution is 9.10. The molecule has 0 radical (unpaired) electrons. The van der Waals surface area contributed by atoms with E-state index in [0.717, 1.165) is 5.69 Å². The number of thiazole rings is 1. The van der Waals surface area contributed by atoms with Crippen LogP contribution in [-0.4, -0.2) is 14.5 Å². The van der Waals surface area contributed by atoms with E-state index in [1.54, 1.807) is 11.5 Å². The maximum absolute atomic E-state index is 11.8. The lowest BCUT2D eigenvalue weighted by Gasteiger charge is -2.06. The average molecular weight is 301 g/mol. The monoisotopic (exact) mass is 300 g/mol. The van der Waals surface area contributed by atoms with Crippen LogP contribution >= 0.6 is 27.3 Å². The highest BCUT2D eigenvalue weighted by atomic mass is 79.9. The van der Waals surface area contributed by atoms with Crippen LogP contribution in [-0.2, 0) is 6.54 Å². The predicted molar refractivity (Wildman–Crippen MR) is 66.6 cm³/mol. The van der Waals surface area contributed by atoms with Gasteiger partial charge in [-0.05, 0) is 22.9 Å². The minimum absolute atomic E-state index is 0.112. The van der Waals surface area contributed by atoms with Crippen LogP contribution in [0.25, 0.3) is 0 Å². The number of anilines is 1. The largest absolute Gasteiger partial charge is 0.375 e. The van der Waals surface area contributed by atoms with Gasteiger partial charge in [-0.3, -0.25) is 9.36 Å². The van der Waals surface area contributed by atoms with Gasteiger partial charge < -0.3 is 5.73 Å². The maximum atomic E-state index is 11.8. The molecule has 0 saturated carbocycles. The molecule has 0 aliphatic rings. The van der Waals surface area contributed by atoms with Crippen molar-refractivity contribution in [2.75, 3.05) is 5.73 Å². The van der Waals surface area contributed by atoms with E-state index in [-0.39, 0.29) is 5.56 Å². The molecule has 0 atom stereocenters. The van der Waals surface area contributed by atoms with Crippen LogP contribution in [0, 0.1) is 6.92 Å². The van der Waals surface area contributed by atoms with Crippen molar-refractivity contribution >= 4 is 32.4 Å². The molecule has 5 nitrogen and oxygen atoms in total. The van der Waals surface area contributed by atoms with E-state index in [9.17, 15) is 4.79 Å². The zero-order valence-electron chi connectivity index (χ0n) is 8.48. The van der Waals surface area contributed by atoms with Gasteiger partial charge in [0.15, 0.2) is 5.13 Å². The highest BCUT2D eigenvalue weighted by Gasteiger charge is 2.07. The molecule has 0 aromatic carbocycles. The summed E-state index contributed by atoms with van der Waals surface area (Å²) >= 11 is 4.52. The van der Waals surface area contributed by atoms with Crippen molar-refractivity contribution in [1.82, 2.24) is 14.5 Å². The van der Waals surface area contributed by atoms with Crippen molar-refractivity contribution in [3.8, 4) is 0 Å². The smallest absolute Gasteiger partial charge is 0.268 e. The molecule has 0 unspecified atom stereocenters. The van der Waals surface area contributed by atoms with Crippen molar-refractivity contribution in [2.45, 2.75) is 13.5 Å². The summed E-state index contributed by atoms with van der Waals surface area (Å²) in [5.41, 5.74) is 6.19. The first kappa shape index (κ1) is 11.3. The minimum atomic E-state index is -0.112. The Hall–Kier alpha value is -1.21. The van der Waals surface area contributed by atoms with E-state index in [2.05, 4.69) is 25.9 Å². The van der Waals surface area contributed by atoms with Crippen molar-refractivity contribution in [3.05, 3.63) is 37.9 Å². The minimum Gasteiger partial charge on any atom is -0.375 e. The van der Waals surface area contributed by atoms with Gasteiger partial charge in [-0.25, -0.2) is 9.97 Å². The highest BCUT2D eigenvalue weighted by Crippen LogP contribution is 2.12. The summed E-state index contributed by atoms with van der Waals surface area (Å²) in [5.74, 6) is 0.653. The van der Waals surface area contributed by atoms with Crippen LogP contribution in [0.5, 0.6) is 0 Å². The molecule has 84 valence electrons. The lowest BCUT2D eigenvalue weighted by molar-refractivity contribution is 0.685. The second kappa shape index (κ2) is 4.34. The predicted octanol–water partition coefficient (Wildman–Crippen LogP) is 1.40. The molecule has 0 aliphatic carbocycles. The van der Waals surface area contributed by atoms with Crippen LogP contribution in [0.2, 0.25) is 0 Å². The van der Waals surface area contributed by atoms with Crippen molar-refractivity contribution in [2.24, 2.45) is 0 Å². The summed E-state index contributed by atoms with van der Waals surface area (Å²) in [4.78, 5) is 20.0. The van der Waals surface area contributed by atoms with Gasteiger partial charge in [0.05, 0.1) is 12.2 Å². The molecule has 0 spiro atoms. The number of halogens is 1. The van der Waals surface area contributed by atoms with E-state index in [1.807, 2.05) is 5.38 Å². The van der Waals surface area contributed by atoms with Crippen LogP contribution in [0.4, 0.5) is 5.13 Å². The van der Waals surface area contributed by atoms with Gasteiger partial charge >= 0.3 is 0 Å². The molecular formula is C9H9BrN4OS. The molecule has 2 aromatic heterocycles. The lowest BCUT2D eigenvalue weighted by Crippen LogP contribution is -2.24. The Morgan fingerprint density at radius 3 is 3.00 bits per heavy atom. The van der Waals surface area contributed by atoms with Gasteiger partial charge in [0.2, 0.25) is 0 Å². The Morgan fingerprint density at radius 2 is 2.38 bits per heavy atom. The number of rotatable bonds is 2. The topological polar surface area (TPSA) is 73.8 Å². The van der Waals surface area contributed by atoms with Crippen molar-refractivity contribution in [3.63, 3.8) is 0 Å². The summed E-state index contributed by atoms with van der Waals surface area (Å²) in [6.45, 7) is 2.17. The third-order valence-electron chi connectivity index (χ3n) is 2.09. The number of aryl methyl sites for hydroxylation is 1. The first-order valence-corrected chi connectivity index (χ1v) is 6.17. The molecule has 0 saturated heterocycles. The number of aromatic nitrogens is 3. The molecular weight excluding hydrogens is 292 g/mol. The van der Waals surface area contributed by atoms with E-state index in [0.29, 0.717) is 22.0 Å². The molecule has 0 bridgehead atoms. The zero-order valence-corrected chi connectivity index (χ0v) is 10.9. The fraction of sp³-hybridized carbons (Fsp3) is 0.222. The van der Waals surface area contributed by atoms with E-state index in [4.69, 9.17) is 5.73 Å². The Bertz CT molecular complexity index is 577. The fourth-order valence-corrected chi connectivity index (χ4v) is 2.16. The quantitative estimate of drug-likeness (QED) is 0.910. The van der Waals surface area contributed by atoms with Crippen molar-refractivity contribution in [1.29, 1.82) is 0 Å². The van der Waals surface area contributed by atoms with Gasteiger partial charge in [-0.15, -0.1) is 11.3 Å². The number of nitrogens with zero attached hydrogens (tertiary/aromatic N) is 3. The van der Waals surface area contributed by atoms with Crippen LogP contribution in [0.1, 0.15) is 11.5 Å². The number of hydrogen-bond donors (Lipinski definition) is 1. The van der Waals surface area contributed by atoms with Gasteiger partial charge in [-0.2, -0.15) is 0 Å². The summed E-state index contributed by atoms with van der Waals surface area (Å²) < 4.78 is 2.00. The Morgan fingerprint density at radius 1 is 1.62 bits per heavy atom. The first-order valence-electron chi connectivity index (χ1n) is 4.49. The second-order valence-corrected chi connectivity index (χ2v) is 4.97. The van der Waals surface area contributed by atoms with Gasteiger partial charge in [0, 0.05) is 11.6 Å². The molecule has 2 aromatic rings. The molecule has 0 fully saturated rings. The lowest BCUT2D eigenvalue weighted by atomic mass is 10.4. The summed E-state index contributed by atoms with van der Waals surface area (Å²) in [6.07, 6.45) is 1.50.